The maximum absolute atomic E-state index is 13.0. The molecule has 0 unspecified atom stereocenters. The molecule has 9 nitrogen and oxygen atoms in total. The molecule has 0 spiro atoms. The number of aromatic amines is 1. The number of hydrogen-bond acceptors (Lipinski definition) is 6. The molecular weight excluding hydrogens is 528 g/mol. The first kappa shape index (κ1) is 27.3. The van der Waals surface area contributed by atoms with Crippen LogP contribution in [0.4, 0.5) is 11.4 Å². The Morgan fingerprint density at radius 1 is 1.35 bits per heavy atom. The molecule has 2 aliphatic heterocycles. The van der Waals surface area contributed by atoms with Crippen LogP contribution in [0.1, 0.15) is 28.0 Å². The van der Waals surface area contributed by atoms with E-state index in [2.05, 4.69) is 32.4 Å². The fourth-order valence-electron chi connectivity index (χ4n) is 4.79. The predicted octanol–water partition coefficient (Wildman–Crippen LogP) is 3.84. The molecule has 1 aromatic carbocycles. The second kappa shape index (κ2) is 11.9. The number of aromatic nitrogens is 2. The number of nitrogens with one attached hydrogen (secondary N) is 3. The number of likely N-dealkylation sites (N-methyl/N-ethyl adjacent to an activating group) is 1. The van der Waals surface area contributed by atoms with Crippen LogP contribution in [0.5, 0.6) is 5.75 Å². The Bertz CT molecular complexity index is 1530. The van der Waals surface area contributed by atoms with Gasteiger partial charge in [-0.2, -0.15) is 0 Å². The lowest BCUT2D eigenvalue weighted by atomic mass is 10.0. The zero-order chi connectivity index (χ0) is 28.2. The Labute approximate surface area is 238 Å². The number of methoxy groups -OCH3 is 1. The highest BCUT2D eigenvalue weighted by molar-refractivity contribution is 6.32. The van der Waals surface area contributed by atoms with Crippen molar-refractivity contribution in [3.63, 3.8) is 0 Å². The summed E-state index contributed by atoms with van der Waals surface area (Å²) in [6.45, 7) is 1.92. The average molecular weight is 559 g/mol. The van der Waals surface area contributed by atoms with E-state index in [-0.39, 0.29) is 17.9 Å². The minimum absolute atomic E-state index is 0.0381. The number of halogens is 1. The largest absolute Gasteiger partial charge is 0.493 e. The first-order chi connectivity index (χ1) is 19.4. The number of fused-ring (bicyclic) bond motifs is 1. The van der Waals surface area contributed by atoms with Gasteiger partial charge in [0.2, 0.25) is 5.91 Å². The molecule has 0 aliphatic carbocycles. The third-order valence-electron chi connectivity index (χ3n) is 6.89. The molecule has 2 amide bonds. The molecule has 2 aromatic heterocycles. The van der Waals surface area contributed by atoms with E-state index in [4.69, 9.17) is 16.3 Å². The summed E-state index contributed by atoms with van der Waals surface area (Å²) in [6.07, 6.45) is 8.34. The smallest absolute Gasteiger partial charge is 0.255 e. The second-order valence-electron chi connectivity index (χ2n) is 9.87. The summed E-state index contributed by atoms with van der Waals surface area (Å²) < 4.78 is 5.54. The lowest BCUT2D eigenvalue weighted by molar-refractivity contribution is -0.131. The van der Waals surface area contributed by atoms with Gasteiger partial charge in [0.05, 0.1) is 46.4 Å². The maximum Gasteiger partial charge on any atom is 0.255 e. The zero-order valence-corrected chi connectivity index (χ0v) is 23.4. The van der Waals surface area contributed by atoms with Gasteiger partial charge in [-0.05, 0) is 38.7 Å². The lowest BCUT2D eigenvalue weighted by Crippen LogP contribution is -2.49. The topological polar surface area (TPSA) is 103 Å². The normalized spacial score (nSPS) is 16.2. The summed E-state index contributed by atoms with van der Waals surface area (Å²) in [4.78, 5) is 37.2. The Hall–Kier alpha value is -4.26. The van der Waals surface area contributed by atoms with Gasteiger partial charge in [-0.3, -0.25) is 14.6 Å². The molecule has 40 heavy (non-hydrogen) atoms. The quantitative estimate of drug-likeness (QED) is 0.301. The van der Waals surface area contributed by atoms with Gasteiger partial charge in [0.25, 0.3) is 5.91 Å². The Kier molecular flexibility index (Phi) is 8.10. The van der Waals surface area contributed by atoms with E-state index in [0.29, 0.717) is 65.0 Å². The van der Waals surface area contributed by atoms with Gasteiger partial charge in [0, 0.05) is 55.8 Å². The van der Waals surface area contributed by atoms with Crippen molar-refractivity contribution in [1.29, 1.82) is 0 Å². The van der Waals surface area contributed by atoms with Crippen molar-refractivity contribution in [3.05, 3.63) is 70.7 Å². The molecule has 1 atom stereocenters. The molecule has 1 fully saturated rings. The molecule has 206 valence electrons. The number of anilines is 2. The van der Waals surface area contributed by atoms with E-state index >= 15 is 0 Å². The summed E-state index contributed by atoms with van der Waals surface area (Å²) >= 11 is 6.38. The van der Waals surface area contributed by atoms with E-state index in [1.807, 2.05) is 43.3 Å². The van der Waals surface area contributed by atoms with Gasteiger partial charge < -0.3 is 30.2 Å². The van der Waals surface area contributed by atoms with Crippen LogP contribution in [0.25, 0.3) is 11.3 Å². The van der Waals surface area contributed by atoms with Crippen LogP contribution in [-0.2, 0) is 11.2 Å². The third kappa shape index (κ3) is 5.55. The Morgan fingerprint density at radius 2 is 2.20 bits per heavy atom. The maximum atomic E-state index is 13.0. The van der Waals surface area contributed by atoms with Crippen LogP contribution in [0.3, 0.4) is 0 Å². The highest BCUT2D eigenvalue weighted by Crippen LogP contribution is 2.41. The molecule has 10 heteroatoms. The molecule has 5 rings (SSSR count). The summed E-state index contributed by atoms with van der Waals surface area (Å²) in [6, 6.07) is 7.11. The zero-order valence-electron chi connectivity index (χ0n) is 22.7. The van der Waals surface area contributed by atoms with Gasteiger partial charge >= 0.3 is 0 Å². The number of ether oxygens (including phenoxy) is 1. The van der Waals surface area contributed by atoms with Crippen molar-refractivity contribution in [3.8, 4) is 28.8 Å². The van der Waals surface area contributed by atoms with Crippen molar-refractivity contribution in [2.24, 2.45) is 0 Å². The number of para-hydroxylation sites is 1. The fourth-order valence-corrected chi connectivity index (χ4v) is 5.04. The van der Waals surface area contributed by atoms with Crippen molar-refractivity contribution < 1.29 is 14.3 Å². The highest BCUT2D eigenvalue weighted by Gasteiger charge is 2.30. The van der Waals surface area contributed by atoms with Crippen LogP contribution in [0, 0.1) is 11.8 Å². The number of likely N-dealkylation sites (tertiary alicyclic amines) is 1. The standard InChI is InChI=1S/C30H31ClN6O3/c1-36(2)16-5-8-25(38)37-17-13-20(37)10-9-19-18-32-14-11-21(19)27-28(26-23(34-27)12-15-33-30(26)39)35-24-7-4-6-22(31)29(24)40-3/h4-8,11,14,18,20,34-35H,12-13,15-17H2,1-3H3,(H,33,39)/b8-5+/t20-/m1/s1. The summed E-state index contributed by atoms with van der Waals surface area (Å²) in [5, 5.41) is 6.79. The van der Waals surface area contributed by atoms with Gasteiger partial charge in [-0.25, -0.2) is 0 Å². The first-order valence-electron chi connectivity index (χ1n) is 13.1. The van der Waals surface area contributed by atoms with Crippen molar-refractivity contribution in [2.45, 2.75) is 18.9 Å². The SMILES string of the molecule is COc1c(Cl)cccc1Nc1c(-c2ccncc2C#C[C@@H]2CCN2C(=O)/C=C/CN(C)C)[nH]c2c1C(=O)NCC2. The minimum atomic E-state index is -0.167. The molecule has 2 aliphatic rings. The van der Waals surface area contributed by atoms with Crippen LogP contribution < -0.4 is 15.4 Å². The van der Waals surface area contributed by atoms with Crippen molar-refractivity contribution in [2.75, 3.05) is 46.2 Å². The molecule has 0 saturated carbocycles. The summed E-state index contributed by atoms with van der Waals surface area (Å²) in [5.41, 5.74) is 4.79. The second-order valence-corrected chi connectivity index (χ2v) is 10.3. The van der Waals surface area contributed by atoms with E-state index in [1.165, 1.54) is 0 Å². The summed E-state index contributed by atoms with van der Waals surface area (Å²) in [5.74, 6) is 6.79. The van der Waals surface area contributed by atoms with Crippen LogP contribution in [0.2, 0.25) is 5.02 Å². The Balaban J connectivity index is 1.50. The number of carbonyl (C=O) groups excluding carboxylic acids is 2. The predicted molar refractivity (Wildman–Crippen MR) is 156 cm³/mol. The van der Waals surface area contributed by atoms with Crippen LogP contribution in [-0.4, -0.2) is 78.5 Å². The number of rotatable bonds is 7. The monoisotopic (exact) mass is 558 g/mol. The number of amides is 2. The number of H-pyrrole nitrogens is 1. The molecule has 0 radical (unpaired) electrons. The molecule has 4 heterocycles. The van der Waals surface area contributed by atoms with E-state index < -0.39 is 0 Å². The average Bonchev–Trinajstić information content (AvgIpc) is 3.27. The molecule has 3 aromatic rings. The van der Waals surface area contributed by atoms with Gasteiger partial charge in [-0.15, -0.1) is 0 Å². The van der Waals surface area contributed by atoms with Crippen molar-refractivity contribution >= 4 is 34.8 Å². The molecule has 3 N–H and O–H groups in total. The van der Waals surface area contributed by atoms with Crippen molar-refractivity contribution in [1.82, 2.24) is 25.1 Å². The molecule has 1 saturated heterocycles. The van der Waals surface area contributed by atoms with Crippen LogP contribution in [0.15, 0.2) is 48.8 Å². The number of nitrogens with zero attached hydrogens (tertiary/aromatic N) is 3. The minimum Gasteiger partial charge on any atom is -0.493 e. The first-order valence-corrected chi connectivity index (χ1v) is 13.5. The van der Waals surface area contributed by atoms with Crippen LogP contribution >= 0.6 is 11.6 Å². The van der Waals surface area contributed by atoms with E-state index in [1.54, 1.807) is 36.5 Å². The van der Waals surface area contributed by atoms with Gasteiger partial charge in [0.15, 0.2) is 5.75 Å². The van der Waals surface area contributed by atoms with Gasteiger partial charge in [0.1, 0.15) is 0 Å². The fraction of sp³-hybridized carbons (Fsp3) is 0.300. The lowest BCUT2D eigenvalue weighted by Gasteiger charge is -2.36. The molecular formula is C30H31ClN6O3. The number of benzene rings is 1. The number of carbonyl (C=O) groups is 2. The number of hydrogen-bond donors (Lipinski definition) is 3. The molecule has 0 bridgehead atoms. The van der Waals surface area contributed by atoms with E-state index in [0.717, 1.165) is 17.7 Å². The van der Waals surface area contributed by atoms with Gasteiger partial charge in [-0.1, -0.05) is 35.6 Å². The third-order valence-corrected chi connectivity index (χ3v) is 7.19. The number of pyridine rings is 1. The van der Waals surface area contributed by atoms with E-state index in [9.17, 15) is 9.59 Å². The Morgan fingerprint density at radius 3 is 2.95 bits per heavy atom. The highest BCUT2D eigenvalue weighted by atomic mass is 35.5. The summed E-state index contributed by atoms with van der Waals surface area (Å²) in [7, 11) is 5.46.